The van der Waals surface area contributed by atoms with Crippen LogP contribution in [0.2, 0.25) is 0 Å². The average molecular weight is 333 g/mol. The van der Waals surface area contributed by atoms with Crippen molar-refractivity contribution in [3.8, 4) is 11.5 Å². The first kappa shape index (κ1) is 17.8. The second-order valence-corrected chi connectivity index (χ2v) is 6.04. The van der Waals surface area contributed by atoms with Gasteiger partial charge in [-0.15, -0.1) is 0 Å². The van der Waals surface area contributed by atoms with E-state index in [-0.39, 0.29) is 31.4 Å². The number of esters is 1. The van der Waals surface area contributed by atoms with Crippen molar-refractivity contribution < 1.29 is 23.8 Å². The normalized spacial score (nSPS) is 12.9. The lowest BCUT2D eigenvalue weighted by molar-refractivity contribution is -0.150. The molecular formula is C18H23NO5. The molecule has 130 valence electrons. The molecule has 0 bridgehead atoms. The van der Waals surface area contributed by atoms with E-state index in [2.05, 4.69) is 0 Å². The van der Waals surface area contributed by atoms with Crippen LogP contribution in [0, 0.1) is 0 Å². The Morgan fingerprint density at radius 1 is 1.17 bits per heavy atom. The van der Waals surface area contributed by atoms with E-state index in [0.29, 0.717) is 11.5 Å². The van der Waals surface area contributed by atoms with Gasteiger partial charge in [0.25, 0.3) is 5.91 Å². The third kappa shape index (κ3) is 4.50. The fraction of sp³-hybridized carbons (Fsp3) is 0.444. The van der Waals surface area contributed by atoms with E-state index in [9.17, 15) is 9.59 Å². The minimum Gasteiger partial charge on any atom is -0.454 e. The largest absolute Gasteiger partial charge is 0.454 e. The molecule has 0 saturated carbocycles. The van der Waals surface area contributed by atoms with Crippen LogP contribution >= 0.6 is 0 Å². The fourth-order valence-electron chi connectivity index (χ4n) is 2.61. The summed E-state index contributed by atoms with van der Waals surface area (Å²) in [5, 5.41) is 0. The van der Waals surface area contributed by atoms with Crippen LogP contribution < -0.4 is 9.47 Å². The molecule has 1 heterocycles. The second kappa shape index (κ2) is 7.86. The second-order valence-electron chi connectivity index (χ2n) is 6.04. The van der Waals surface area contributed by atoms with E-state index in [0.717, 1.165) is 5.56 Å². The summed E-state index contributed by atoms with van der Waals surface area (Å²) in [6.07, 6.45) is 2.90. The highest BCUT2D eigenvalue weighted by Gasteiger charge is 2.20. The molecule has 1 aromatic rings. The summed E-state index contributed by atoms with van der Waals surface area (Å²) < 4.78 is 15.5. The third-order valence-corrected chi connectivity index (χ3v) is 3.55. The molecule has 2 rings (SSSR count). The van der Waals surface area contributed by atoms with Crippen LogP contribution in [0.15, 0.2) is 24.3 Å². The Morgan fingerprint density at radius 3 is 2.50 bits per heavy atom. The van der Waals surface area contributed by atoms with Crippen LogP contribution in [-0.2, 0) is 14.3 Å². The quantitative estimate of drug-likeness (QED) is 0.591. The summed E-state index contributed by atoms with van der Waals surface area (Å²) in [7, 11) is 0. The van der Waals surface area contributed by atoms with Gasteiger partial charge in [0.15, 0.2) is 18.1 Å². The number of carbonyl (C=O) groups excluding carboxylic acids is 2. The number of hydrogen-bond donors (Lipinski definition) is 0. The summed E-state index contributed by atoms with van der Waals surface area (Å²) in [5.41, 5.74) is 0.786. The number of benzene rings is 1. The first-order valence-corrected chi connectivity index (χ1v) is 7.94. The van der Waals surface area contributed by atoms with Gasteiger partial charge in [0.1, 0.15) is 0 Å². The molecule has 0 spiro atoms. The molecule has 24 heavy (non-hydrogen) atoms. The summed E-state index contributed by atoms with van der Waals surface area (Å²) in [5.74, 6) is 0.561. The molecule has 0 unspecified atom stereocenters. The van der Waals surface area contributed by atoms with E-state index in [1.807, 2.05) is 33.8 Å². The smallest absolute Gasteiger partial charge is 0.331 e. The number of amides is 1. The van der Waals surface area contributed by atoms with Gasteiger partial charge in [-0.2, -0.15) is 0 Å². The van der Waals surface area contributed by atoms with Crippen molar-refractivity contribution in [1.82, 2.24) is 4.90 Å². The molecule has 0 fully saturated rings. The predicted octanol–water partition coefficient (Wildman–Crippen LogP) is 2.62. The highest BCUT2D eigenvalue weighted by Crippen LogP contribution is 2.32. The Bertz CT molecular complexity index is 628. The lowest BCUT2D eigenvalue weighted by Gasteiger charge is -2.30. The molecule has 6 nitrogen and oxygen atoms in total. The van der Waals surface area contributed by atoms with Crippen LogP contribution in [0.25, 0.3) is 6.08 Å². The van der Waals surface area contributed by atoms with Crippen molar-refractivity contribution in [1.29, 1.82) is 0 Å². The highest BCUT2D eigenvalue weighted by atomic mass is 16.7. The van der Waals surface area contributed by atoms with Crippen molar-refractivity contribution >= 4 is 18.0 Å². The third-order valence-electron chi connectivity index (χ3n) is 3.55. The van der Waals surface area contributed by atoms with Crippen LogP contribution in [0.1, 0.15) is 33.3 Å². The van der Waals surface area contributed by atoms with Gasteiger partial charge >= 0.3 is 5.97 Å². The lowest BCUT2D eigenvalue weighted by atomic mass is 10.2. The van der Waals surface area contributed by atoms with Crippen LogP contribution in [0.3, 0.4) is 0 Å². The zero-order chi connectivity index (χ0) is 17.7. The number of nitrogens with zero attached hydrogens (tertiary/aromatic N) is 1. The van der Waals surface area contributed by atoms with Crippen molar-refractivity contribution in [2.45, 2.75) is 39.8 Å². The standard InChI is InChI=1S/C18H23NO5/c1-12(2)19(13(3)4)17(20)10-22-18(21)8-6-14-5-7-15-16(9-14)24-11-23-15/h5-9,12-13H,10-11H2,1-4H3/b8-6+. The molecule has 0 atom stereocenters. The van der Waals surface area contributed by atoms with E-state index >= 15 is 0 Å². The van der Waals surface area contributed by atoms with Crippen LogP contribution in [-0.4, -0.2) is 42.3 Å². The molecule has 1 amide bonds. The Labute approximate surface area is 142 Å². The van der Waals surface area contributed by atoms with E-state index in [1.165, 1.54) is 6.08 Å². The highest BCUT2D eigenvalue weighted by molar-refractivity contribution is 5.89. The first-order valence-electron chi connectivity index (χ1n) is 7.94. The molecule has 0 aliphatic carbocycles. The van der Waals surface area contributed by atoms with Crippen LogP contribution in [0.5, 0.6) is 11.5 Å². The SMILES string of the molecule is CC(C)N(C(=O)COC(=O)/C=C/c1ccc2c(c1)OCO2)C(C)C. The molecule has 0 aromatic heterocycles. The van der Waals surface area contributed by atoms with Gasteiger partial charge in [0.05, 0.1) is 0 Å². The average Bonchev–Trinajstić information content (AvgIpc) is 2.97. The molecular weight excluding hydrogens is 310 g/mol. The number of ether oxygens (including phenoxy) is 3. The topological polar surface area (TPSA) is 65.1 Å². The summed E-state index contributed by atoms with van der Waals surface area (Å²) in [6, 6.07) is 5.47. The minimum absolute atomic E-state index is 0.0559. The van der Waals surface area contributed by atoms with E-state index < -0.39 is 5.97 Å². The zero-order valence-electron chi connectivity index (χ0n) is 14.4. The van der Waals surface area contributed by atoms with Gasteiger partial charge < -0.3 is 19.1 Å². The molecule has 1 aliphatic rings. The van der Waals surface area contributed by atoms with Crippen molar-refractivity contribution in [2.75, 3.05) is 13.4 Å². The number of fused-ring (bicyclic) bond motifs is 1. The summed E-state index contributed by atoms with van der Waals surface area (Å²) >= 11 is 0. The lowest BCUT2D eigenvalue weighted by Crippen LogP contribution is -2.44. The number of hydrogen-bond acceptors (Lipinski definition) is 5. The van der Waals surface area contributed by atoms with Gasteiger partial charge in [-0.05, 0) is 51.5 Å². The maximum atomic E-state index is 12.1. The van der Waals surface area contributed by atoms with Crippen molar-refractivity contribution in [3.05, 3.63) is 29.8 Å². The maximum absolute atomic E-state index is 12.1. The van der Waals surface area contributed by atoms with E-state index in [1.54, 1.807) is 23.1 Å². The van der Waals surface area contributed by atoms with Crippen LogP contribution in [0.4, 0.5) is 0 Å². The Hall–Kier alpha value is -2.50. The molecule has 6 heteroatoms. The monoisotopic (exact) mass is 333 g/mol. The van der Waals surface area contributed by atoms with Gasteiger partial charge in [-0.25, -0.2) is 4.79 Å². The van der Waals surface area contributed by atoms with Gasteiger partial charge in [-0.1, -0.05) is 6.07 Å². The summed E-state index contributed by atoms with van der Waals surface area (Å²) in [4.78, 5) is 25.6. The molecule has 0 saturated heterocycles. The fourth-order valence-corrected chi connectivity index (χ4v) is 2.61. The Morgan fingerprint density at radius 2 is 1.83 bits per heavy atom. The van der Waals surface area contributed by atoms with Crippen molar-refractivity contribution in [3.63, 3.8) is 0 Å². The maximum Gasteiger partial charge on any atom is 0.331 e. The number of rotatable bonds is 6. The Kier molecular flexibility index (Phi) is 5.84. The molecule has 0 N–H and O–H groups in total. The minimum atomic E-state index is -0.562. The predicted molar refractivity (Wildman–Crippen MR) is 89.7 cm³/mol. The zero-order valence-corrected chi connectivity index (χ0v) is 14.4. The van der Waals surface area contributed by atoms with Gasteiger partial charge in [0, 0.05) is 18.2 Å². The van der Waals surface area contributed by atoms with E-state index in [4.69, 9.17) is 14.2 Å². The van der Waals surface area contributed by atoms with Gasteiger partial charge in [-0.3, -0.25) is 4.79 Å². The first-order chi connectivity index (χ1) is 11.4. The summed E-state index contributed by atoms with van der Waals surface area (Å²) in [6.45, 7) is 7.66. The Balaban J connectivity index is 1.88. The molecule has 0 radical (unpaired) electrons. The molecule has 1 aliphatic heterocycles. The van der Waals surface area contributed by atoms with Gasteiger partial charge in [0.2, 0.25) is 6.79 Å². The molecule has 1 aromatic carbocycles. The number of carbonyl (C=O) groups is 2. The van der Waals surface area contributed by atoms with Crippen molar-refractivity contribution in [2.24, 2.45) is 0 Å².